The molecule has 1 aliphatic carbocycles. The maximum atomic E-state index is 12.4. The van der Waals surface area contributed by atoms with Gasteiger partial charge in [-0.2, -0.15) is 4.98 Å². The molecule has 0 saturated heterocycles. The predicted octanol–water partition coefficient (Wildman–Crippen LogP) is -0.255. The number of aliphatic hydroxyl groups is 1. The fourth-order valence-electron chi connectivity index (χ4n) is 3.27. The Hall–Kier alpha value is -3.01. The second kappa shape index (κ2) is 8.34. The van der Waals surface area contributed by atoms with Gasteiger partial charge in [0, 0.05) is 37.2 Å². The topological polar surface area (TPSA) is 139 Å². The molecule has 1 fully saturated rings. The molecule has 0 bridgehead atoms. The summed E-state index contributed by atoms with van der Waals surface area (Å²) in [6, 6.07) is 2.25. The van der Waals surface area contributed by atoms with Crippen LogP contribution in [-0.4, -0.2) is 43.8 Å². The van der Waals surface area contributed by atoms with Crippen LogP contribution in [0.2, 0.25) is 0 Å². The zero-order valence-corrected chi connectivity index (χ0v) is 15.7. The Morgan fingerprint density at radius 2 is 2.18 bits per heavy atom. The molecule has 2 aromatic heterocycles. The summed E-state index contributed by atoms with van der Waals surface area (Å²) in [6.45, 7) is 4.14. The van der Waals surface area contributed by atoms with Gasteiger partial charge in [-0.1, -0.05) is 5.16 Å². The molecule has 10 heteroatoms. The summed E-state index contributed by atoms with van der Waals surface area (Å²) >= 11 is 0. The highest BCUT2D eigenvalue weighted by molar-refractivity contribution is 5.94. The van der Waals surface area contributed by atoms with Crippen LogP contribution < -0.4 is 16.2 Å². The molecule has 0 aliphatic heterocycles. The van der Waals surface area contributed by atoms with Crippen LogP contribution in [0.15, 0.2) is 27.6 Å². The van der Waals surface area contributed by atoms with E-state index in [2.05, 4.69) is 20.8 Å². The standard InChI is InChI=1S/C18H23N5O5/c1-3-23-5-4-11(8-16(23)25)18(27)21-13-6-12(7-14(13)24)17(26)19-9-15-20-10(2)28-22-15/h4-5,8,12-14,24H,3,6-7,9H2,1-2H3,(H,19,26)(H,21,27)/t12-,13-,14-/m0/s1. The number of pyridine rings is 1. The van der Waals surface area contributed by atoms with E-state index in [4.69, 9.17) is 4.52 Å². The van der Waals surface area contributed by atoms with Gasteiger partial charge in [-0.15, -0.1) is 0 Å². The van der Waals surface area contributed by atoms with E-state index in [0.29, 0.717) is 24.7 Å². The number of hydrogen-bond acceptors (Lipinski definition) is 7. The monoisotopic (exact) mass is 389 g/mol. The van der Waals surface area contributed by atoms with E-state index in [9.17, 15) is 19.5 Å². The van der Waals surface area contributed by atoms with E-state index < -0.39 is 24.0 Å². The first-order valence-corrected chi connectivity index (χ1v) is 9.13. The third kappa shape index (κ3) is 4.45. The number of rotatable bonds is 6. The van der Waals surface area contributed by atoms with Crippen LogP contribution >= 0.6 is 0 Å². The summed E-state index contributed by atoms with van der Waals surface area (Å²) in [5.74, 6) is -0.357. The Labute approximate surface area is 160 Å². The zero-order valence-electron chi connectivity index (χ0n) is 15.7. The Morgan fingerprint density at radius 3 is 2.82 bits per heavy atom. The number of amides is 2. The average Bonchev–Trinajstić information content (AvgIpc) is 3.25. The molecule has 28 heavy (non-hydrogen) atoms. The summed E-state index contributed by atoms with van der Waals surface area (Å²) < 4.78 is 6.32. The van der Waals surface area contributed by atoms with Crippen molar-refractivity contribution in [3.05, 3.63) is 46.0 Å². The van der Waals surface area contributed by atoms with Gasteiger partial charge in [-0.25, -0.2) is 0 Å². The van der Waals surface area contributed by atoms with Gasteiger partial charge in [-0.3, -0.25) is 14.4 Å². The normalized spacial score (nSPS) is 21.5. The number of hydrogen-bond donors (Lipinski definition) is 3. The summed E-state index contributed by atoms with van der Waals surface area (Å²) in [6.07, 6.45) is 1.25. The molecule has 2 heterocycles. The molecule has 150 valence electrons. The first kappa shape index (κ1) is 19.7. The van der Waals surface area contributed by atoms with E-state index in [1.165, 1.54) is 10.6 Å². The maximum absolute atomic E-state index is 12.4. The highest BCUT2D eigenvalue weighted by Crippen LogP contribution is 2.26. The van der Waals surface area contributed by atoms with E-state index in [-0.39, 0.29) is 30.0 Å². The summed E-state index contributed by atoms with van der Waals surface area (Å²) in [4.78, 5) is 40.6. The molecular weight excluding hydrogens is 366 g/mol. The second-order valence-electron chi connectivity index (χ2n) is 6.80. The number of carbonyl (C=O) groups excluding carboxylic acids is 2. The lowest BCUT2D eigenvalue weighted by Crippen LogP contribution is -2.40. The molecule has 3 rings (SSSR count). The number of nitrogens with one attached hydrogen (secondary N) is 2. The van der Waals surface area contributed by atoms with Gasteiger partial charge >= 0.3 is 0 Å². The third-order valence-corrected chi connectivity index (χ3v) is 4.81. The summed E-state index contributed by atoms with van der Waals surface area (Å²) in [5, 5.41) is 19.4. The highest BCUT2D eigenvalue weighted by Gasteiger charge is 2.37. The van der Waals surface area contributed by atoms with E-state index in [1.54, 1.807) is 19.2 Å². The minimum atomic E-state index is -0.844. The fraction of sp³-hybridized carbons (Fsp3) is 0.500. The SMILES string of the molecule is CCn1ccc(C(=O)N[C@H]2C[C@H](C(=O)NCc3noc(C)n3)C[C@@H]2O)cc1=O. The van der Waals surface area contributed by atoms with Crippen molar-refractivity contribution in [2.45, 2.75) is 51.9 Å². The van der Waals surface area contributed by atoms with Crippen molar-refractivity contribution in [1.82, 2.24) is 25.3 Å². The Bertz CT molecular complexity index is 921. The second-order valence-corrected chi connectivity index (χ2v) is 6.80. The first-order chi connectivity index (χ1) is 13.4. The lowest BCUT2D eigenvalue weighted by molar-refractivity contribution is -0.125. The molecule has 1 saturated carbocycles. The predicted molar refractivity (Wildman–Crippen MR) is 97.2 cm³/mol. The molecule has 1 aliphatic rings. The number of nitrogens with zero attached hydrogens (tertiary/aromatic N) is 3. The van der Waals surface area contributed by atoms with Crippen LogP contribution in [0.3, 0.4) is 0 Å². The molecule has 0 unspecified atom stereocenters. The average molecular weight is 389 g/mol. The number of aryl methyl sites for hydroxylation is 2. The van der Waals surface area contributed by atoms with Crippen LogP contribution in [-0.2, 0) is 17.9 Å². The van der Waals surface area contributed by atoms with Crippen LogP contribution in [0.4, 0.5) is 0 Å². The smallest absolute Gasteiger partial charge is 0.251 e. The van der Waals surface area contributed by atoms with Crippen molar-refractivity contribution < 1.29 is 19.2 Å². The van der Waals surface area contributed by atoms with Gasteiger partial charge in [0.25, 0.3) is 11.5 Å². The Balaban J connectivity index is 1.55. The van der Waals surface area contributed by atoms with Gasteiger partial charge < -0.3 is 24.8 Å². The fourth-order valence-corrected chi connectivity index (χ4v) is 3.27. The number of carbonyl (C=O) groups is 2. The molecule has 10 nitrogen and oxygen atoms in total. The molecule has 2 amide bonds. The number of aromatic nitrogens is 3. The third-order valence-electron chi connectivity index (χ3n) is 4.81. The van der Waals surface area contributed by atoms with Crippen molar-refractivity contribution in [1.29, 1.82) is 0 Å². The molecule has 0 radical (unpaired) electrons. The molecule has 3 N–H and O–H groups in total. The minimum Gasteiger partial charge on any atom is -0.391 e. The van der Waals surface area contributed by atoms with Crippen LogP contribution in [0, 0.1) is 12.8 Å². The zero-order chi connectivity index (χ0) is 20.3. The summed E-state index contributed by atoms with van der Waals surface area (Å²) in [5.41, 5.74) is -0.0432. The van der Waals surface area contributed by atoms with Gasteiger partial charge in [0.15, 0.2) is 5.82 Å². The highest BCUT2D eigenvalue weighted by atomic mass is 16.5. The van der Waals surface area contributed by atoms with Crippen LogP contribution in [0.25, 0.3) is 0 Å². The van der Waals surface area contributed by atoms with Gasteiger partial charge in [0.05, 0.1) is 18.7 Å². The van der Waals surface area contributed by atoms with E-state index in [0.717, 1.165) is 0 Å². The minimum absolute atomic E-state index is 0.132. The molecule has 2 aromatic rings. The first-order valence-electron chi connectivity index (χ1n) is 9.13. The van der Waals surface area contributed by atoms with Crippen molar-refractivity contribution in [2.75, 3.05) is 0 Å². The van der Waals surface area contributed by atoms with Gasteiger partial charge in [-0.05, 0) is 25.8 Å². The largest absolute Gasteiger partial charge is 0.391 e. The van der Waals surface area contributed by atoms with E-state index in [1.807, 2.05) is 6.92 Å². The number of aliphatic hydroxyl groups excluding tert-OH is 1. The lowest BCUT2D eigenvalue weighted by Gasteiger charge is -2.16. The van der Waals surface area contributed by atoms with Crippen LogP contribution in [0.1, 0.15) is 41.8 Å². The van der Waals surface area contributed by atoms with Crippen LogP contribution in [0.5, 0.6) is 0 Å². The van der Waals surface area contributed by atoms with Crippen molar-refractivity contribution in [2.24, 2.45) is 5.92 Å². The molecule has 0 spiro atoms. The quantitative estimate of drug-likeness (QED) is 0.619. The Kier molecular flexibility index (Phi) is 5.88. The molecule has 0 aromatic carbocycles. The maximum Gasteiger partial charge on any atom is 0.251 e. The van der Waals surface area contributed by atoms with Crippen molar-refractivity contribution >= 4 is 11.8 Å². The van der Waals surface area contributed by atoms with Crippen molar-refractivity contribution in [3.63, 3.8) is 0 Å². The lowest BCUT2D eigenvalue weighted by atomic mass is 10.1. The van der Waals surface area contributed by atoms with Crippen molar-refractivity contribution in [3.8, 4) is 0 Å². The molecule has 3 atom stereocenters. The summed E-state index contributed by atoms with van der Waals surface area (Å²) in [7, 11) is 0. The van der Waals surface area contributed by atoms with Gasteiger partial charge in [0.2, 0.25) is 11.8 Å². The van der Waals surface area contributed by atoms with E-state index >= 15 is 0 Å². The molecular formula is C18H23N5O5. The van der Waals surface area contributed by atoms with Gasteiger partial charge in [0.1, 0.15) is 0 Å². The Morgan fingerprint density at radius 1 is 1.39 bits per heavy atom.